The minimum atomic E-state index is 0.589. The van der Waals surface area contributed by atoms with Crippen LogP contribution in [0.3, 0.4) is 0 Å². The van der Waals surface area contributed by atoms with Crippen molar-refractivity contribution in [2.24, 2.45) is 0 Å². The molecule has 1 aliphatic heterocycles. The summed E-state index contributed by atoms with van der Waals surface area (Å²) >= 11 is 1.78. The molecule has 1 aliphatic rings. The first kappa shape index (κ1) is 11.9. The van der Waals surface area contributed by atoms with Gasteiger partial charge in [-0.05, 0) is 31.8 Å². The Labute approximate surface area is 102 Å². The van der Waals surface area contributed by atoms with Crippen molar-refractivity contribution >= 4 is 16.5 Å². The third kappa shape index (κ3) is 3.19. The van der Waals surface area contributed by atoms with Crippen LogP contribution >= 0.6 is 11.3 Å². The molecule has 1 saturated heterocycles. The smallest absolute Gasteiger partial charge is 0.182 e. The van der Waals surface area contributed by atoms with E-state index in [-0.39, 0.29) is 0 Å². The minimum Gasteiger partial charge on any atom is -0.360 e. The second-order valence-electron chi connectivity index (χ2n) is 4.70. The maximum absolute atomic E-state index is 4.39. The number of rotatable bonds is 5. The summed E-state index contributed by atoms with van der Waals surface area (Å²) in [7, 11) is 0. The van der Waals surface area contributed by atoms with E-state index in [9.17, 15) is 0 Å². The fraction of sp³-hybridized carbons (Fsp3) is 0.750. The van der Waals surface area contributed by atoms with Crippen molar-refractivity contribution in [3.05, 3.63) is 11.1 Å². The second-order valence-corrected chi connectivity index (χ2v) is 5.76. The van der Waals surface area contributed by atoms with E-state index in [1.165, 1.54) is 30.8 Å². The van der Waals surface area contributed by atoms with Gasteiger partial charge in [0.1, 0.15) is 0 Å². The number of thiazole rings is 1. The van der Waals surface area contributed by atoms with Crippen molar-refractivity contribution in [2.75, 3.05) is 31.5 Å². The molecule has 1 aromatic heterocycles. The summed E-state index contributed by atoms with van der Waals surface area (Å²) in [4.78, 5) is 8.27. The zero-order valence-electron chi connectivity index (χ0n) is 10.2. The summed E-state index contributed by atoms with van der Waals surface area (Å²) in [6.07, 6.45) is 4.73. The summed E-state index contributed by atoms with van der Waals surface area (Å²) in [5.41, 5.74) is 0. The third-order valence-electron chi connectivity index (χ3n) is 3.00. The normalized spacial score (nSPS) is 17.2. The maximum atomic E-state index is 4.39. The lowest BCUT2D eigenvalue weighted by molar-refractivity contribution is 0.352. The van der Waals surface area contributed by atoms with E-state index in [1.807, 2.05) is 6.20 Å². The van der Waals surface area contributed by atoms with Crippen molar-refractivity contribution in [1.82, 2.24) is 9.88 Å². The van der Waals surface area contributed by atoms with Crippen LogP contribution in [0.25, 0.3) is 0 Å². The number of hydrogen-bond acceptors (Lipinski definition) is 4. The number of aromatic nitrogens is 1. The zero-order valence-corrected chi connectivity index (χ0v) is 11.0. The maximum Gasteiger partial charge on any atom is 0.182 e. The molecule has 1 aromatic rings. The first-order valence-electron chi connectivity index (χ1n) is 6.17. The van der Waals surface area contributed by atoms with Gasteiger partial charge in [0.15, 0.2) is 5.13 Å². The van der Waals surface area contributed by atoms with Gasteiger partial charge in [0.25, 0.3) is 0 Å². The Balaban J connectivity index is 1.72. The summed E-state index contributed by atoms with van der Waals surface area (Å²) in [5.74, 6) is 0.589. The van der Waals surface area contributed by atoms with E-state index in [0.717, 1.165) is 18.2 Å². The molecule has 1 N–H and O–H groups in total. The van der Waals surface area contributed by atoms with Gasteiger partial charge in [0.05, 0.1) is 0 Å². The predicted molar refractivity (Wildman–Crippen MR) is 70.4 cm³/mol. The Morgan fingerprint density at radius 2 is 2.19 bits per heavy atom. The quantitative estimate of drug-likeness (QED) is 0.856. The van der Waals surface area contributed by atoms with Crippen LogP contribution in [0, 0.1) is 0 Å². The van der Waals surface area contributed by atoms with Gasteiger partial charge in [0, 0.05) is 24.2 Å². The molecule has 0 bridgehead atoms. The number of likely N-dealkylation sites (tertiary alicyclic amines) is 1. The fourth-order valence-corrected chi connectivity index (χ4v) is 2.81. The van der Waals surface area contributed by atoms with Gasteiger partial charge in [-0.2, -0.15) is 0 Å². The highest BCUT2D eigenvalue weighted by atomic mass is 32.1. The monoisotopic (exact) mass is 239 g/mol. The van der Waals surface area contributed by atoms with Gasteiger partial charge < -0.3 is 10.2 Å². The number of nitrogens with one attached hydrogen (secondary N) is 1. The predicted octanol–water partition coefficient (Wildman–Crippen LogP) is 2.77. The SMILES string of the molecule is CC(C)c1cnc(NCCN2CCCC2)s1. The molecule has 2 rings (SSSR count). The molecule has 4 heteroatoms. The molecule has 0 amide bonds. The molecule has 0 spiro atoms. The van der Waals surface area contributed by atoms with Crippen molar-refractivity contribution < 1.29 is 0 Å². The Kier molecular flexibility index (Phi) is 4.18. The first-order valence-corrected chi connectivity index (χ1v) is 6.99. The number of nitrogens with zero attached hydrogens (tertiary/aromatic N) is 2. The van der Waals surface area contributed by atoms with Crippen LogP contribution in [0.2, 0.25) is 0 Å². The molecule has 0 saturated carbocycles. The van der Waals surface area contributed by atoms with Crippen molar-refractivity contribution in [1.29, 1.82) is 0 Å². The van der Waals surface area contributed by atoms with E-state index in [1.54, 1.807) is 11.3 Å². The van der Waals surface area contributed by atoms with Gasteiger partial charge in [-0.25, -0.2) is 4.98 Å². The largest absolute Gasteiger partial charge is 0.360 e. The topological polar surface area (TPSA) is 28.2 Å². The van der Waals surface area contributed by atoms with E-state index in [2.05, 4.69) is 29.0 Å². The Hall–Kier alpha value is -0.610. The zero-order chi connectivity index (χ0) is 11.4. The molecule has 0 aromatic carbocycles. The highest BCUT2D eigenvalue weighted by Gasteiger charge is 2.10. The lowest BCUT2D eigenvalue weighted by Gasteiger charge is -2.14. The summed E-state index contributed by atoms with van der Waals surface area (Å²) < 4.78 is 0. The molecule has 1 fully saturated rings. The van der Waals surface area contributed by atoms with Crippen molar-refractivity contribution in [3.8, 4) is 0 Å². The Bertz CT molecular complexity index is 316. The van der Waals surface area contributed by atoms with Crippen LogP contribution in [0.4, 0.5) is 5.13 Å². The molecule has 2 heterocycles. The molecule has 90 valence electrons. The molecule has 3 nitrogen and oxygen atoms in total. The molecular formula is C12H21N3S. The van der Waals surface area contributed by atoms with E-state index in [0.29, 0.717) is 5.92 Å². The van der Waals surface area contributed by atoms with Crippen LogP contribution in [-0.4, -0.2) is 36.1 Å². The van der Waals surface area contributed by atoms with Crippen molar-refractivity contribution in [2.45, 2.75) is 32.6 Å². The fourth-order valence-electron chi connectivity index (χ4n) is 1.96. The van der Waals surface area contributed by atoms with Crippen molar-refractivity contribution in [3.63, 3.8) is 0 Å². The van der Waals surface area contributed by atoms with Crippen LogP contribution < -0.4 is 5.32 Å². The molecule has 0 unspecified atom stereocenters. The van der Waals surface area contributed by atoms with Crippen LogP contribution in [0.15, 0.2) is 6.20 Å². The van der Waals surface area contributed by atoms with Crippen LogP contribution in [-0.2, 0) is 0 Å². The highest BCUT2D eigenvalue weighted by Crippen LogP contribution is 2.24. The number of hydrogen-bond donors (Lipinski definition) is 1. The van der Waals surface area contributed by atoms with Gasteiger partial charge in [-0.15, -0.1) is 11.3 Å². The highest BCUT2D eigenvalue weighted by molar-refractivity contribution is 7.15. The van der Waals surface area contributed by atoms with E-state index in [4.69, 9.17) is 0 Å². The molecule has 0 radical (unpaired) electrons. The standard InChI is InChI=1S/C12H21N3S/c1-10(2)11-9-14-12(16-11)13-5-8-15-6-3-4-7-15/h9-10H,3-8H2,1-2H3,(H,13,14). The average Bonchev–Trinajstić information content (AvgIpc) is 2.87. The summed E-state index contributed by atoms with van der Waals surface area (Å²) in [6, 6.07) is 0. The minimum absolute atomic E-state index is 0.589. The Morgan fingerprint density at radius 1 is 1.44 bits per heavy atom. The molecule has 16 heavy (non-hydrogen) atoms. The summed E-state index contributed by atoms with van der Waals surface area (Å²) in [5, 5.41) is 4.48. The molecule has 0 aliphatic carbocycles. The van der Waals surface area contributed by atoms with E-state index < -0.39 is 0 Å². The molecule has 0 atom stereocenters. The number of anilines is 1. The molecular weight excluding hydrogens is 218 g/mol. The lowest BCUT2D eigenvalue weighted by atomic mass is 10.2. The van der Waals surface area contributed by atoms with Gasteiger partial charge in [0.2, 0.25) is 0 Å². The Morgan fingerprint density at radius 3 is 2.81 bits per heavy atom. The average molecular weight is 239 g/mol. The van der Waals surface area contributed by atoms with E-state index >= 15 is 0 Å². The van der Waals surface area contributed by atoms with Gasteiger partial charge in [-0.1, -0.05) is 13.8 Å². The first-order chi connectivity index (χ1) is 7.75. The van der Waals surface area contributed by atoms with Crippen LogP contribution in [0.1, 0.15) is 37.5 Å². The lowest BCUT2D eigenvalue weighted by Crippen LogP contribution is -2.25. The second kappa shape index (κ2) is 5.64. The van der Waals surface area contributed by atoms with Crippen LogP contribution in [0.5, 0.6) is 0 Å². The van der Waals surface area contributed by atoms with Gasteiger partial charge in [-0.3, -0.25) is 0 Å². The van der Waals surface area contributed by atoms with Gasteiger partial charge >= 0.3 is 0 Å². The summed E-state index contributed by atoms with van der Waals surface area (Å²) in [6.45, 7) is 9.14. The third-order valence-corrected chi connectivity index (χ3v) is 4.25.